The van der Waals surface area contributed by atoms with Crippen molar-refractivity contribution in [1.82, 2.24) is 15.1 Å². The van der Waals surface area contributed by atoms with E-state index >= 15 is 0 Å². The molecule has 0 radical (unpaired) electrons. The van der Waals surface area contributed by atoms with Gasteiger partial charge in [0.25, 0.3) is 0 Å². The summed E-state index contributed by atoms with van der Waals surface area (Å²) in [6, 6.07) is 8.55. The summed E-state index contributed by atoms with van der Waals surface area (Å²) < 4.78 is 1.65. The quantitative estimate of drug-likeness (QED) is 0.790. The Kier molecular flexibility index (Phi) is 3.28. The van der Waals surface area contributed by atoms with Crippen LogP contribution in [0.4, 0.5) is 11.6 Å². The molecule has 2 heterocycles. The Hall–Kier alpha value is -2.52. The van der Waals surface area contributed by atoms with Crippen LogP contribution in [0.3, 0.4) is 0 Å². The minimum atomic E-state index is 0.304. The SMILES string of the molecule is Cc1ccc(C)c(-n2nc(NC3CNC3)c(C#N)c2N)c1. The number of aryl methyl sites for hydroxylation is 2. The number of nitriles is 1. The van der Waals surface area contributed by atoms with Gasteiger partial charge >= 0.3 is 0 Å². The molecule has 0 saturated carbocycles. The van der Waals surface area contributed by atoms with E-state index in [9.17, 15) is 5.26 Å². The lowest BCUT2D eigenvalue weighted by Gasteiger charge is -2.27. The van der Waals surface area contributed by atoms with Crippen LogP contribution in [0.15, 0.2) is 18.2 Å². The van der Waals surface area contributed by atoms with Crippen molar-refractivity contribution in [3.05, 3.63) is 34.9 Å². The Labute approximate surface area is 123 Å². The van der Waals surface area contributed by atoms with Crippen LogP contribution in [0.2, 0.25) is 0 Å². The summed E-state index contributed by atoms with van der Waals surface area (Å²) >= 11 is 0. The van der Waals surface area contributed by atoms with Gasteiger partial charge in [0.2, 0.25) is 0 Å². The number of anilines is 2. The van der Waals surface area contributed by atoms with E-state index in [1.165, 1.54) is 0 Å². The number of rotatable bonds is 3. The first kappa shape index (κ1) is 13.5. The lowest BCUT2D eigenvalue weighted by molar-refractivity contribution is 0.470. The topological polar surface area (TPSA) is 91.7 Å². The molecule has 1 saturated heterocycles. The van der Waals surface area contributed by atoms with Crippen LogP contribution in [-0.4, -0.2) is 28.9 Å². The number of benzene rings is 1. The largest absolute Gasteiger partial charge is 0.382 e. The van der Waals surface area contributed by atoms with Gasteiger partial charge in [-0.05, 0) is 31.0 Å². The van der Waals surface area contributed by atoms with Gasteiger partial charge in [0.1, 0.15) is 17.5 Å². The first-order chi connectivity index (χ1) is 10.1. The van der Waals surface area contributed by atoms with Crippen LogP contribution >= 0.6 is 0 Å². The van der Waals surface area contributed by atoms with Crippen LogP contribution in [0.5, 0.6) is 0 Å². The highest BCUT2D eigenvalue weighted by molar-refractivity contribution is 5.67. The molecule has 1 aromatic carbocycles. The maximum absolute atomic E-state index is 9.35. The molecule has 3 rings (SSSR count). The molecule has 21 heavy (non-hydrogen) atoms. The molecule has 1 aliphatic heterocycles. The smallest absolute Gasteiger partial charge is 0.169 e. The molecule has 6 heteroatoms. The first-order valence-electron chi connectivity index (χ1n) is 6.93. The van der Waals surface area contributed by atoms with Gasteiger partial charge in [0.05, 0.1) is 11.7 Å². The molecule has 1 aliphatic rings. The summed E-state index contributed by atoms with van der Waals surface area (Å²) in [5.41, 5.74) is 9.63. The molecule has 1 fully saturated rings. The summed E-state index contributed by atoms with van der Waals surface area (Å²) in [5.74, 6) is 0.934. The van der Waals surface area contributed by atoms with Crippen molar-refractivity contribution in [3.63, 3.8) is 0 Å². The van der Waals surface area contributed by atoms with Crippen molar-refractivity contribution in [2.24, 2.45) is 0 Å². The van der Waals surface area contributed by atoms with E-state index in [1.807, 2.05) is 32.0 Å². The highest BCUT2D eigenvalue weighted by Gasteiger charge is 2.23. The van der Waals surface area contributed by atoms with Crippen molar-refractivity contribution >= 4 is 11.6 Å². The highest BCUT2D eigenvalue weighted by Crippen LogP contribution is 2.27. The van der Waals surface area contributed by atoms with Crippen molar-refractivity contribution in [2.45, 2.75) is 19.9 Å². The third kappa shape index (κ3) is 2.32. The van der Waals surface area contributed by atoms with Crippen LogP contribution in [0, 0.1) is 25.2 Å². The molecule has 4 N–H and O–H groups in total. The molecule has 2 aromatic rings. The van der Waals surface area contributed by atoms with E-state index < -0.39 is 0 Å². The van der Waals surface area contributed by atoms with Gasteiger partial charge in [-0.3, -0.25) is 0 Å². The minimum Gasteiger partial charge on any atom is -0.382 e. The van der Waals surface area contributed by atoms with E-state index in [4.69, 9.17) is 5.73 Å². The molecule has 108 valence electrons. The Bertz CT molecular complexity index is 720. The van der Waals surface area contributed by atoms with Gasteiger partial charge in [0.15, 0.2) is 5.82 Å². The number of hydrogen-bond acceptors (Lipinski definition) is 5. The van der Waals surface area contributed by atoms with Crippen molar-refractivity contribution in [2.75, 3.05) is 24.1 Å². The van der Waals surface area contributed by atoms with Gasteiger partial charge in [-0.25, -0.2) is 4.68 Å². The number of aromatic nitrogens is 2. The number of nitrogen functional groups attached to an aromatic ring is 1. The third-order valence-electron chi connectivity index (χ3n) is 3.75. The Balaban J connectivity index is 2.06. The third-order valence-corrected chi connectivity index (χ3v) is 3.75. The average Bonchev–Trinajstić information content (AvgIpc) is 2.73. The van der Waals surface area contributed by atoms with E-state index in [2.05, 4.69) is 21.8 Å². The standard InChI is InChI=1S/C15H18N6/c1-9-3-4-10(2)13(5-9)21-14(17)12(6-16)15(20-21)19-11-7-18-8-11/h3-5,11,18H,7-8,17H2,1-2H3,(H,19,20). The zero-order valence-corrected chi connectivity index (χ0v) is 12.1. The highest BCUT2D eigenvalue weighted by atomic mass is 15.4. The maximum Gasteiger partial charge on any atom is 0.169 e. The Morgan fingerprint density at radius 2 is 2.19 bits per heavy atom. The van der Waals surface area contributed by atoms with Gasteiger partial charge in [-0.1, -0.05) is 12.1 Å². The first-order valence-corrected chi connectivity index (χ1v) is 6.93. The fourth-order valence-corrected chi connectivity index (χ4v) is 2.36. The second-order valence-electron chi connectivity index (χ2n) is 5.42. The van der Waals surface area contributed by atoms with E-state index in [-0.39, 0.29) is 0 Å². The van der Waals surface area contributed by atoms with E-state index in [0.29, 0.717) is 23.2 Å². The van der Waals surface area contributed by atoms with Gasteiger partial charge in [-0.2, -0.15) is 5.26 Å². The molecule has 0 unspecified atom stereocenters. The maximum atomic E-state index is 9.35. The second-order valence-corrected chi connectivity index (χ2v) is 5.42. The van der Waals surface area contributed by atoms with Crippen LogP contribution in [-0.2, 0) is 0 Å². The average molecular weight is 282 g/mol. The van der Waals surface area contributed by atoms with E-state index in [0.717, 1.165) is 29.9 Å². The molecule has 0 spiro atoms. The molecular formula is C15H18N6. The minimum absolute atomic E-state index is 0.304. The lowest BCUT2D eigenvalue weighted by atomic mass is 10.1. The number of hydrogen-bond donors (Lipinski definition) is 3. The lowest BCUT2D eigenvalue weighted by Crippen LogP contribution is -2.51. The summed E-state index contributed by atoms with van der Waals surface area (Å²) in [7, 11) is 0. The molecule has 0 atom stereocenters. The predicted octanol–water partition coefficient (Wildman–Crippen LogP) is 1.33. The molecule has 1 aromatic heterocycles. The van der Waals surface area contributed by atoms with Gasteiger partial charge in [0, 0.05) is 13.1 Å². The van der Waals surface area contributed by atoms with Crippen LogP contribution in [0.25, 0.3) is 5.69 Å². The predicted molar refractivity (Wildman–Crippen MR) is 82.4 cm³/mol. The monoisotopic (exact) mass is 282 g/mol. The fraction of sp³-hybridized carbons (Fsp3) is 0.333. The molecule has 0 amide bonds. The Morgan fingerprint density at radius 1 is 1.43 bits per heavy atom. The summed E-state index contributed by atoms with van der Waals surface area (Å²) in [6.45, 7) is 5.78. The molecule has 0 bridgehead atoms. The summed E-state index contributed by atoms with van der Waals surface area (Å²) in [4.78, 5) is 0. The van der Waals surface area contributed by atoms with E-state index in [1.54, 1.807) is 4.68 Å². The number of nitrogens with zero attached hydrogens (tertiary/aromatic N) is 3. The Morgan fingerprint density at radius 3 is 2.81 bits per heavy atom. The summed E-state index contributed by atoms with van der Waals surface area (Å²) in [6.07, 6.45) is 0. The van der Waals surface area contributed by atoms with Gasteiger partial charge in [-0.15, -0.1) is 5.10 Å². The van der Waals surface area contributed by atoms with Crippen LogP contribution in [0.1, 0.15) is 16.7 Å². The molecule has 0 aliphatic carbocycles. The van der Waals surface area contributed by atoms with Crippen molar-refractivity contribution in [1.29, 1.82) is 5.26 Å². The molecular weight excluding hydrogens is 264 g/mol. The van der Waals surface area contributed by atoms with Crippen LogP contribution < -0.4 is 16.4 Å². The zero-order chi connectivity index (χ0) is 15.0. The zero-order valence-electron chi connectivity index (χ0n) is 12.1. The molecule has 6 nitrogen and oxygen atoms in total. The van der Waals surface area contributed by atoms with Crippen molar-refractivity contribution in [3.8, 4) is 11.8 Å². The van der Waals surface area contributed by atoms with Gasteiger partial charge < -0.3 is 16.4 Å². The second kappa shape index (κ2) is 5.11. The summed E-state index contributed by atoms with van der Waals surface area (Å²) in [5, 5.41) is 20.3. The number of nitrogens with one attached hydrogen (secondary N) is 2. The fourth-order valence-electron chi connectivity index (χ4n) is 2.36. The number of nitrogens with two attached hydrogens (primary N) is 1. The normalized spacial score (nSPS) is 14.5. The van der Waals surface area contributed by atoms with Crippen molar-refractivity contribution < 1.29 is 0 Å².